The first kappa shape index (κ1) is 53.5. The zero-order chi connectivity index (χ0) is 50.2. The highest BCUT2D eigenvalue weighted by Gasteiger charge is 2.81. The summed E-state index contributed by atoms with van der Waals surface area (Å²) in [6, 6.07) is 0. The Labute approximate surface area is 406 Å². The van der Waals surface area contributed by atoms with Crippen LogP contribution in [0.3, 0.4) is 0 Å². The van der Waals surface area contributed by atoms with Gasteiger partial charge in [-0.25, -0.2) is 0 Å². The van der Waals surface area contributed by atoms with E-state index in [9.17, 15) is 35.1 Å². The molecule has 8 aliphatic rings. The lowest BCUT2D eigenvalue weighted by Crippen LogP contribution is -2.78. The Hall–Kier alpha value is -1.76. The maximum atomic E-state index is 13.0. The first-order valence-corrected chi connectivity index (χ1v) is 25.2. The molecule has 394 valence electrons. The van der Waals surface area contributed by atoms with Crippen molar-refractivity contribution in [3.63, 3.8) is 0 Å². The van der Waals surface area contributed by atoms with Crippen molar-refractivity contribution in [1.82, 2.24) is 0 Å². The van der Waals surface area contributed by atoms with Gasteiger partial charge in [0.15, 0.2) is 30.9 Å². The number of ether oxygens (including phenoxy) is 12. The molecule has 0 aromatic carbocycles. The van der Waals surface area contributed by atoms with Crippen molar-refractivity contribution >= 4 is 11.8 Å². The molecular formula is C50H80O19. The van der Waals surface area contributed by atoms with Crippen LogP contribution in [0.1, 0.15) is 126 Å². The number of Topliss-reactive ketones (excluding diaryl/α,β-unsaturated/α-hetero) is 1. The molecular weight excluding hydrogens is 905 g/mol. The summed E-state index contributed by atoms with van der Waals surface area (Å²) < 4.78 is 74.1. The number of carbonyl (C=O) groups is 2. The molecule has 4 heterocycles. The van der Waals surface area contributed by atoms with Gasteiger partial charge in [0.05, 0.1) is 60.4 Å². The van der Waals surface area contributed by atoms with Gasteiger partial charge in [-0.1, -0.05) is 18.6 Å². The van der Waals surface area contributed by atoms with Crippen molar-refractivity contribution < 1.29 is 92.0 Å². The summed E-state index contributed by atoms with van der Waals surface area (Å²) in [7, 11) is 4.78. The third-order valence-corrected chi connectivity index (χ3v) is 18.2. The molecule has 0 spiro atoms. The van der Waals surface area contributed by atoms with Gasteiger partial charge in [0, 0.05) is 59.9 Å². The van der Waals surface area contributed by atoms with Crippen molar-refractivity contribution in [2.45, 2.75) is 253 Å². The van der Waals surface area contributed by atoms with Crippen LogP contribution in [0.15, 0.2) is 11.6 Å². The normalized spacial score (nSPS) is 52.2. The lowest BCUT2D eigenvalue weighted by Gasteiger charge is -2.67. The van der Waals surface area contributed by atoms with Crippen LogP contribution in [0.5, 0.6) is 0 Å². The predicted molar refractivity (Wildman–Crippen MR) is 241 cm³/mol. The molecule has 69 heavy (non-hydrogen) atoms. The monoisotopic (exact) mass is 985 g/mol. The summed E-state index contributed by atoms with van der Waals surface area (Å²) in [5.74, 6) is -1.68. The molecule has 8 rings (SSSR count). The minimum absolute atomic E-state index is 0.0299. The summed E-state index contributed by atoms with van der Waals surface area (Å²) >= 11 is 0. The second-order valence-electron chi connectivity index (χ2n) is 21.8. The Bertz CT molecular complexity index is 1860. The number of fused-ring (bicyclic) bond motifs is 5. The standard InChI is InChI=1S/C50H80O19/c1-24-42(54)33(58-9)20-39(61-24)68-44-27(4)64-41(22-35(44)60-11)69-45-26(3)63-40(21-34(45)59-10)67-43-25(2)62-38(19-32(43)53)66-31-13-14-46(7)30(18-31)12-15-49(56)36(46)23-37(65-29(6)52)47(8)48(55,28(5)51)16-17-50(47,49)57/h12,24-27,31-45,53-57H,13-23H2,1-11H3/t24-,25+,26-,27+,31-,32-,33+,34-,35-,36+,37+,38-,39-,40-,41-,42-,43+,44+,45+,46-,47+,48+,49-,50+/m0/s1. The zero-order valence-corrected chi connectivity index (χ0v) is 42.3. The van der Waals surface area contributed by atoms with E-state index in [0.29, 0.717) is 38.5 Å². The van der Waals surface area contributed by atoms with Gasteiger partial charge < -0.3 is 82.4 Å². The average molecular weight is 985 g/mol. The van der Waals surface area contributed by atoms with Gasteiger partial charge in [0.25, 0.3) is 0 Å². The first-order chi connectivity index (χ1) is 32.5. The number of esters is 1. The highest BCUT2D eigenvalue weighted by atomic mass is 16.8. The number of methoxy groups -OCH3 is 3. The molecule has 4 aliphatic carbocycles. The first-order valence-electron chi connectivity index (χ1n) is 25.2. The van der Waals surface area contributed by atoms with Crippen molar-refractivity contribution in [3.8, 4) is 0 Å². The molecule has 5 N–H and O–H groups in total. The average Bonchev–Trinajstić information content (AvgIpc) is 3.52. The molecule has 4 saturated heterocycles. The fraction of sp³-hybridized carbons (Fsp3) is 0.920. The third-order valence-electron chi connectivity index (χ3n) is 18.2. The summed E-state index contributed by atoms with van der Waals surface area (Å²) in [5, 5.41) is 59.2. The molecule has 0 aromatic rings. The van der Waals surface area contributed by atoms with Crippen LogP contribution in [0, 0.1) is 16.7 Å². The van der Waals surface area contributed by atoms with Gasteiger partial charge in [-0.05, 0) is 91.9 Å². The third kappa shape index (κ3) is 9.21. The SMILES string of the molecule is CO[C@H]1C[C@H](O[C@H]2[C@@H](O)C[C@H](O[C@H]3CC[C@@]4(C)C(=CC[C@]5(O)[C@@H]4C[C@@H](OC(C)=O)[C@@]4(C)[C@]5(O)CC[C@@]4(O)C(C)=O)C3)O[C@@H]2C)O[C@@H](C)[C@H]1O[C@H]1C[C@H](OC)[C@H](O[C@H]2C[C@@H](OC)[C@@H](O)[C@H](C)O2)[C@@H](C)O1. The van der Waals surface area contributed by atoms with Crippen molar-refractivity contribution in [3.05, 3.63) is 11.6 Å². The molecule has 19 heteroatoms. The molecule has 0 radical (unpaired) electrons. The maximum Gasteiger partial charge on any atom is 0.302 e. The maximum absolute atomic E-state index is 13.0. The number of carbonyl (C=O) groups excluding carboxylic acids is 2. The quantitative estimate of drug-likeness (QED) is 0.132. The van der Waals surface area contributed by atoms with E-state index in [0.717, 1.165) is 5.57 Å². The van der Waals surface area contributed by atoms with E-state index in [4.69, 9.17) is 56.8 Å². The van der Waals surface area contributed by atoms with Gasteiger partial charge in [-0.2, -0.15) is 0 Å². The van der Waals surface area contributed by atoms with E-state index in [2.05, 4.69) is 6.92 Å². The van der Waals surface area contributed by atoms with E-state index in [1.807, 2.05) is 26.8 Å². The Kier molecular flexibility index (Phi) is 15.6. The Morgan fingerprint density at radius 1 is 0.652 bits per heavy atom. The number of aliphatic hydroxyl groups is 5. The molecule has 3 saturated carbocycles. The van der Waals surface area contributed by atoms with Crippen LogP contribution in [0.4, 0.5) is 0 Å². The van der Waals surface area contributed by atoms with E-state index in [1.165, 1.54) is 13.8 Å². The van der Waals surface area contributed by atoms with Gasteiger partial charge in [-0.3, -0.25) is 9.59 Å². The van der Waals surface area contributed by atoms with Crippen LogP contribution >= 0.6 is 0 Å². The van der Waals surface area contributed by atoms with Gasteiger partial charge >= 0.3 is 5.97 Å². The van der Waals surface area contributed by atoms with E-state index < -0.39 is 144 Å². The number of rotatable bonds is 13. The smallest absolute Gasteiger partial charge is 0.302 e. The fourth-order valence-corrected chi connectivity index (χ4v) is 14.1. The highest BCUT2D eigenvalue weighted by Crippen LogP contribution is 2.71. The zero-order valence-electron chi connectivity index (χ0n) is 42.3. The minimum Gasteiger partial charge on any atom is -0.462 e. The van der Waals surface area contributed by atoms with Crippen molar-refractivity contribution in [2.24, 2.45) is 16.7 Å². The lowest BCUT2D eigenvalue weighted by atomic mass is 9.42. The summed E-state index contributed by atoms with van der Waals surface area (Å²) in [4.78, 5) is 25.5. The summed E-state index contributed by atoms with van der Waals surface area (Å²) in [5.41, 5.74) is -6.82. The number of hydrogen-bond acceptors (Lipinski definition) is 19. The molecule has 19 nitrogen and oxygen atoms in total. The fourth-order valence-electron chi connectivity index (χ4n) is 14.1. The summed E-state index contributed by atoms with van der Waals surface area (Å²) in [6.07, 6.45) is -5.60. The van der Waals surface area contributed by atoms with E-state index in [-0.39, 0.29) is 44.3 Å². The molecule has 24 atom stereocenters. The van der Waals surface area contributed by atoms with Gasteiger partial charge in [-0.15, -0.1) is 0 Å². The number of aliphatic hydroxyl groups excluding tert-OH is 2. The van der Waals surface area contributed by atoms with Gasteiger partial charge in [0.2, 0.25) is 0 Å². The van der Waals surface area contributed by atoms with Crippen molar-refractivity contribution in [2.75, 3.05) is 21.3 Å². The summed E-state index contributed by atoms with van der Waals surface area (Å²) in [6.45, 7) is 13.6. The molecule has 7 fully saturated rings. The Morgan fingerprint density at radius 2 is 1.16 bits per heavy atom. The van der Waals surface area contributed by atoms with Crippen LogP contribution < -0.4 is 0 Å². The molecule has 0 aromatic heterocycles. The molecule has 0 amide bonds. The predicted octanol–water partition coefficient (Wildman–Crippen LogP) is 2.89. The van der Waals surface area contributed by atoms with Crippen LogP contribution in [-0.2, 0) is 66.4 Å². The molecule has 0 bridgehead atoms. The van der Waals surface area contributed by atoms with Crippen LogP contribution in [-0.4, -0.2) is 186 Å². The Morgan fingerprint density at radius 3 is 1.68 bits per heavy atom. The lowest BCUT2D eigenvalue weighted by molar-refractivity contribution is -0.346. The van der Waals surface area contributed by atoms with E-state index >= 15 is 0 Å². The second-order valence-corrected chi connectivity index (χ2v) is 21.8. The van der Waals surface area contributed by atoms with Crippen molar-refractivity contribution in [1.29, 1.82) is 0 Å². The minimum atomic E-state index is -1.99. The highest BCUT2D eigenvalue weighted by molar-refractivity contribution is 5.87. The Balaban J connectivity index is 0.849. The number of hydrogen-bond donors (Lipinski definition) is 5. The second kappa shape index (κ2) is 20.2. The molecule has 0 unspecified atom stereocenters. The number of ketones is 1. The van der Waals surface area contributed by atoms with Crippen LogP contribution in [0.25, 0.3) is 0 Å². The van der Waals surface area contributed by atoms with E-state index in [1.54, 1.807) is 35.2 Å². The van der Waals surface area contributed by atoms with Gasteiger partial charge in [0.1, 0.15) is 47.3 Å². The van der Waals surface area contributed by atoms with Crippen LogP contribution in [0.2, 0.25) is 0 Å². The largest absolute Gasteiger partial charge is 0.462 e. The molecule has 4 aliphatic heterocycles. The topological polar surface area (TPSA) is 246 Å².